The monoisotopic (exact) mass is 163 g/mol. The lowest BCUT2D eigenvalue weighted by atomic mass is 9.97. The van der Waals surface area contributed by atoms with E-state index in [1.165, 1.54) is 16.7 Å². The maximum Gasteiger partial charge on any atom is -0.00109 e. The fraction of sp³-hybridized carbons (Fsp3) is 0.455. The fourth-order valence-corrected chi connectivity index (χ4v) is 1.43. The van der Waals surface area contributed by atoms with Gasteiger partial charge in [0.1, 0.15) is 0 Å². The molecule has 0 heterocycles. The van der Waals surface area contributed by atoms with Crippen LogP contribution in [0, 0.1) is 13.8 Å². The molecule has 0 saturated heterocycles. The van der Waals surface area contributed by atoms with Gasteiger partial charge in [-0.15, -0.1) is 0 Å². The van der Waals surface area contributed by atoms with Crippen molar-refractivity contribution in [2.75, 3.05) is 6.54 Å². The topological polar surface area (TPSA) is 26.0 Å². The van der Waals surface area contributed by atoms with Crippen LogP contribution in [0.3, 0.4) is 0 Å². The summed E-state index contributed by atoms with van der Waals surface area (Å²) < 4.78 is 0. The smallest absolute Gasteiger partial charge is 0.00109 e. The van der Waals surface area contributed by atoms with Crippen LogP contribution < -0.4 is 5.73 Å². The standard InChI is InChI=1S/C11H17N/c1-8-4-9(2)6-11(5-8)10(3)7-12/h4-6,10H,7,12H2,1-3H3. The van der Waals surface area contributed by atoms with Crippen LogP contribution in [0.2, 0.25) is 0 Å². The number of hydrogen-bond acceptors (Lipinski definition) is 1. The quantitative estimate of drug-likeness (QED) is 0.711. The third kappa shape index (κ3) is 2.08. The van der Waals surface area contributed by atoms with Gasteiger partial charge in [-0.25, -0.2) is 0 Å². The third-order valence-electron chi connectivity index (χ3n) is 2.17. The van der Waals surface area contributed by atoms with Crippen LogP contribution in [-0.4, -0.2) is 6.54 Å². The van der Waals surface area contributed by atoms with Crippen LogP contribution in [0.5, 0.6) is 0 Å². The Balaban J connectivity index is 3.00. The molecule has 1 heteroatoms. The molecule has 0 radical (unpaired) electrons. The minimum absolute atomic E-state index is 0.476. The first-order valence-corrected chi connectivity index (χ1v) is 4.41. The van der Waals surface area contributed by atoms with Gasteiger partial charge in [-0.2, -0.15) is 0 Å². The van der Waals surface area contributed by atoms with Gasteiger partial charge in [-0.1, -0.05) is 36.2 Å². The molecule has 1 atom stereocenters. The highest BCUT2D eigenvalue weighted by molar-refractivity contribution is 5.30. The van der Waals surface area contributed by atoms with E-state index in [2.05, 4.69) is 39.0 Å². The minimum Gasteiger partial charge on any atom is -0.330 e. The molecule has 0 aromatic heterocycles. The van der Waals surface area contributed by atoms with Gasteiger partial charge in [-0.3, -0.25) is 0 Å². The predicted octanol–water partition coefficient (Wildman–Crippen LogP) is 2.37. The summed E-state index contributed by atoms with van der Waals surface area (Å²) in [5.74, 6) is 0.476. The number of nitrogens with two attached hydrogens (primary N) is 1. The number of aryl methyl sites for hydroxylation is 2. The van der Waals surface area contributed by atoms with Gasteiger partial charge in [0.15, 0.2) is 0 Å². The molecule has 0 amide bonds. The molecule has 1 aromatic rings. The first-order chi connectivity index (χ1) is 5.63. The Bertz CT molecular complexity index is 245. The molecule has 12 heavy (non-hydrogen) atoms. The normalized spacial score (nSPS) is 13.0. The summed E-state index contributed by atoms with van der Waals surface area (Å²) in [7, 11) is 0. The van der Waals surface area contributed by atoms with Crippen LogP contribution in [0.4, 0.5) is 0 Å². The van der Waals surface area contributed by atoms with E-state index in [1.807, 2.05) is 0 Å². The Morgan fingerprint density at radius 3 is 2.08 bits per heavy atom. The van der Waals surface area contributed by atoms with Gasteiger partial charge in [0.2, 0.25) is 0 Å². The molecular weight excluding hydrogens is 146 g/mol. The van der Waals surface area contributed by atoms with Crippen molar-refractivity contribution in [3.05, 3.63) is 34.9 Å². The molecular formula is C11H17N. The first kappa shape index (κ1) is 9.27. The summed E-state index contributed by atoms with van der Waals surface area (Å²) >= 11 is 0. The molecule has 66 valence electrons. The molecule has 2 N–H and O–H groups in total. The number of benzene rings is 1. The Labute approximate surface area is 74.6 Å². The maximum absolute atomic E-state index is 5.60. The van der Waals surface area contributed by atoms with Crippen molar-refractivity contribution in [1.29, 1.82) is 0 Å². The molecule has 0 spiro atoms. The largest absolute Gasteiger partial charge is 0.330 e. The van der Waals surface area contributed by atoms with Crippen molar-refractivity contribution in [3.8, 4) is 0 Å². The van der Waals surface area contributed by atoms with Crippen LogP contribution in [0.25, 0.3) is 0 Å². The average molecular weight is 163 g/mol. The summed E-state index contributed by atoms with van der Waals surface area (Å²) in [5.41, 5.74) is 9.61. The van der Waals surface area contributed by atoms with E-state index in [0.29, 0.717) is 5.92 Å². The molecule has 0 fully saturated rings. The highest BCUT2D eigenvalue weighted by Crippen LogP contribution is 2.17. The predicted molar refractivity (Wildman–Crippen MR) is 53.4 cm³/mol. The van der Waals surface area contributed by atoms with E-state index in [1.54, 1.807) is 0 Å². The van der Waals surface area contributed by atoms with Crippen molar-refractivity contribution < 1.29 is 0 Å². The molecule has 0 saturated carbocycles. The van der Waals surface area contributed by atoms with Crippen LogP contribution >= 0.6 is 0 Å². The van der Waals surface area contributed by atoms with Gasteiger partial charge in [0.25, 0.3) is 0 Å². The lowest BCUT2D eigenvalue weighted by Gasteiger charge is -2.10. The maximum atomic E-state index is 5.60. The molecule has 0 bridgehead atoms. The van der Waals surface area contributed by atoms with Crippen LogP contribution in [0.15, 0.2) is 18.2 Å². The summed E-state index contributed by atoms with van der Waals surface area (Å²) in [6, 6.07) is 6.61. The van der Waals surface area contributed by atoms with Gasteiger partial charge in [0, 0.05) is 0 Å². The minimum atomic E-state index is 0.476. The molecule has 0 aliphatic heterocycles. The summed E-state index contributed by atoms with van der Waals surface area (Å²) in [4.78, 5) is 0. The fourth-order valence-electron chi connectivity index (χ4n) is 1.43. The zero-order valence-electron chi connectivity index (χ0n) is 8.09. The lowest BCUT2D eigenvalue weighted by Crippen LogP contribution is -2.09. The molecule has 1 nitrogen and oxygen atoms in total. The van der Waals surface area contributed by atoms with E-state index in [0.717, 1.165) is 6.54 Å². The Morgan fingerprint density at radius 2 is 1.67 bits per heavy atom. The summed E-state index contributed by atoms with van der Waals surface area (Å²) in [5, 5.41) is 0. The average Bonchev–Trinajstić information content (AvgIpc) is 2.01. The zero-order chi connectivity index (χ0) is 9.14. The van der Waals surface area contributed by atoms with Gasteiger partial charge in [-0.05, 0) is 31.9 Å². The van der Waals surface area contributed by atoms with Gasteiger partial charge in [0.05, 0.1) is 0 Å². The van der Waals surface area contributed by atoms with E-state index in [9.17, 15) is 0 Å². The second-order valence-electron chi connectivity index (χ2n) is 3.56. The SMILES string of the molecule is Cc1cc(C)cc(C(C)CN)c1. The molecule has 0 aliphatic rings. The van der Waals surface area contributed by atoms with E-state index in [-0.39, 0.29) is 0 Å². The second kappa shape index (κ2) is 3.72. The molecule has 0 aliphatic carbocycles. The van der Waals surface area contributed by atoms with Gasteiger partial charge >= 0.3 is 0 Å². The third-order valence-corrected chi connectivity index (χ3v) is 2.17. The molecule has 1 rings (SSSR count). The zero-order valence-corrected chi connectivity index (χ0v) is 8.09. The van der Waals surface area contributed by atoms with E-state index < -0.39 is 0 Å². The highest BCUT2D eigenvalue weighted by atomic mass is 14.5. The second-order valence-corrected chi connectivity index (χ2v) is 3.56. The van der Waals surface area contributed by atoms with Crippen molar-refractivity contribution in [3.63, 3.8) is 0 Å². The lowest BCUT2D eigenvalue weighted by molar-refractivity contribution is 0.772. The van der Waals surface area contributed by atoms with E-state index >= 15 is 0 Å². The highest BCUT2D eigenvalue weighted by Gasteiger charge is 2.03. The first-order valence-electron chi connectivity index (χ1n) is 4.41. The number of rotatable bonds is 2. The van der Waals surface area contributed by atoms with Crippen molar-refractivity contribution in [2.24, 2.45) is 5.73 Å². The summed E-state index contributed by atoms with van der Waals surface area (Å²) in [6.45, 7) is 7.14. The molecule has 1 aromatic carbocycles. The van der Waals surface area contributed by atoms with E-state index in [4.69, 9.17) is 5.73 Å². The molecule has 1 unspecified atom stereocenters. The van der Waals surface area contributed by atoms with Crippen molar-refractivity contribution in [1.82, 2.24) is 0 Å². The number of hydrogen-bond donors (Lipinski definition) is 1. The summed E-state index contributed by atoms with van der Waals surface area (Å²) in [6.07, 6.45) is 0. The Morgan fingerprint density at radius 1 is 1.17 bits per heavy atom. The van der Waals surface area contributed by atoms with Crippen molar-refractivity contribution in [2.45, 2.75) is 26.7 Å². The van der Waals surface area contributed by atoms with Gasteiger partial charge < -0.3 is 5.73 Å². The Kier molecular flexibility index (Phi) is 2.88. The Hall–Kier alpha value is -0.820. The van der Waals surface area contributed by atoms with Crippen LogP contribution in [0.1, 0.15) is 29.5 Å². The van der Waals surface area contributed by atoms with Crippen molar-refractivity contribution >= 4 is 0 Å². The van der Waals surface area contributed by atoms with Crippen LogP contribution in [-0.2, 0) is 0 Å².